The summed E-state index contributed by atoms with van der Waals surface area (Å²) in [6, 6.07) is 0.405. The Kier molecular flexibility index (Phi) is 4.10. The molecule has 1 aromatic rings. The smallest absolute Gasteiger partial charge is 0.125 e. The normalized spacial score (nSPS) is 24.3. The molecule has 18 heavy (non-hydrogen) atoms. The van der Waals surface area contributed by atoms with Crippen molar-refractivity contribution in [2.24, 2.45) is 18.4 Å². The zero-order chi connectivity index (χ0) is 13.2. The molecule has 0 radical (unpaired) electrons. The zero-order valence-electron chi connectivity index (χ0n) is 12.2. The Labute approximate surface area is 111 Å². The molecule has 1 N–H and O–H groups in total. The first-order valence-corrected chi connectivity index (χ1v) is 7.27. The summed E-state index contributed by atoms with van der Waals surface area (Å²) < 4.78 is 2.17. The van der Waals surface area contributed by atoms with Crippen molar-refractivity contribution in [1.29, 1.82) is 0 Å². The van der Waals surface area contributed by atoms with Crippen molar-refractivity contribution >= 4 is 0 Å². The Balaban J connectivity index is 2.23. The Morgan fingerprint density at radius 2 is 2.33 bits per heavy atom. The molecule has 1 heterocycles. The maximum absolute atomic E-state index is 4.58. The van der Waals surface area contributed by atoms with Crippen molar-refractivity contribution in [3.05, 3.63) is 18.2 Å². The van der Waals surface area contributed by atoms with E-state index in [1.165, 1.54) is 31.5 Å². The molecule has 0 saturated heterocycles. The number of rotatable bonds is 5. The SMILES string of the molecule is CCCNC(c1nccn1C)C1CCCC1(C)C. The summed E-state index contributed by atoms with van der Waals surface area (Å²) >= 11 is 0. The first-order chi connectivity index (χ1) is 8.56. The first kappa shape index (κ1) is 13.6. The van der Waals surface area contributed by atoms with E-state index in [4.69, 9.17) is 0 Å². The molecule has 3 nitrogen and oxygen atoms in total. The second-order valence-electron chi connectivity index (χ2n) is 6.32. The minimum Gasteiger partial charge on any atom is -0.337 e. The number of aromatic nitrogens is 2. The molecule has 2 rings (SSSR count). The molecule has 1 aromatic heterocycles. The minimum absolute atomic E-state index is 0.405. The second kappa shape index (κ2) is 5.43. The van der Waals surface area contributed by atoms with Gasteiger partial charge in [0.1, 0.15) is 5.82 Å². The third kappa shape index (κ3) is 2.61. The van der Waals surface area contributed by atoms with Gasteiger partial charge in [0, 0.05) is 19.4 Å². The lowest BCUT2D eigenvalue weighted by Gasteiger charge is -2.34. The van der Waals surface area contributed by atoms with Crippen LogP contribution in [0.2, 0.25) is 0 Å². The molecule has 102 valence electrons. The lowest BCUT2D eigenvalue weighted by molar-refractivity contribution is 0.190. The van der Waals surface area contributed by atoms with Gasteiger partial charge in [0.25, 0.3) is 0 Å². The molecule has 2 unspecified atom stereocenters. The molecule has 1 saturated carbocycles. The van der Waals surface area contributed by atoms with Crippen molar-refractivity contribution in [1.82, 2.24) is 14.9 Å². The topological polar surface area (TPSA) is 29.9 Å². The highest BCUT2D eigenvalue weighted by atomic mass is 15.1. The monoisotopic (exact) mass is 249 g/mol. The molecule has 0 aromatic carbocycles. The lowest BCUT2D eigenvalue weighted by atomic mass is 9.77. The molecule has 0 aliphatic heterocycles. The van der Waals surface area contributed by atoms with Gasteiger partial charge in [-0.15, -0.1) is 0 Å². The van der Waals surface area contributed by atoms with Crippen molar-refractivity contribution in [2.45, 2.75) is 52.5 Å². The first-order valence-electron chi connectivity index (χ1n) is 7.27. The van der Waals surface area contributed by atoms with Gasteiger partial charge in [0.15, 0.2) is 0 Å². The summed E-state index contributed by atoms with van der Waals surface area (Å²) in [6.45, 7) is 8.12. The molecule has 2 atom stereocenters. The van der Waals surface area contributed by atoms with Gasteiger partial charge in [0.05, 0.1) is 6.04 Å². The van der Waals surface area contributed by atoms with Gasteiger partial charge < -0.3 is 9.88 Å². The molecule has 0 spiro atoms. The van der Waals surface area contributed by atoms with Crippen LogP contribution in [-0.2, 0) is 7.05 Å². The zero-order valence-corrected chi connectivity index (χ0v) is 12.2. The van der Waals surface area contributed by atoms with E-state index >= 15 is 0 Å². The number of nitrogens with one attached hydrogen (secondary N) is 1. The van der Waals surface area contributed by atoms with Gasteiger partial charge in [-0.1, -0.05) is 27.2 Å². The van der Waals surface area contributed by atoms with Gasteiger partial charge in [-0.25, -0.2) is 4.98 Å². The summed E-state index contributed by atoms with van der Waals surface area (Å²) in [5.74, 6) is 1.90. The molecule has 1 fully saturated rings. The Morgan fingerprint density at radius 3 is 2.83 bits per heavy atom. The molecule has 0 bridgehead atoms. The summed E-state index contributed by atoms with van der Waals surface area (Å²) in [5, 5.41) is 3.73. The number of aryl methyl sites for hydroxylation is 1. The van der Waals surface area contributed by atoms with E-state index in [2.05, 4.69) is 48.9 Å². The van der Waals surface area contributed by atoms with Crippen molar-refractivity contribution in [3.8, 4) is 0 Å². The maximum atomic E-state index is 4.58. The average Bonchev–Trinajstić information content (AvgIpc) is 2.87. The minimum atomic E-state index is 0.405. The molecule has 0 amide bonds. The van der Waals surface area contributed by atoms with Crippen LogP contribution < -0.4 is 5.32 Å². The maximum Gasteiger partial charge on any atom is 0.125 e. The van der Waals surface area contributed by atoms with Gasteiger partial charge in [0.2, 0.25) is 0 Å². The van der Waals surface area contributed by atoms with Crippen LogP contribution in [-0.4, -0.2) is 16.1 Å². The van der Waals surface area contributed by atoms with Crippen LogP contribution in [0.3, 0.4) is 0 Å². The largest absolute Gasteiger partial charge is 0.337 e. The highest BCUT2D eigenvalue weighted by molar-refractivity contribution is 5.05. The Hall–Kier alpha value is -0.830. The van der Waals surface area contributed by atoms with Crippen molar-refractivity contribution < 1.29 is 0 Å². The Bertz CT molecular complexity index is 381. The van der Waals surface area contributed by atoms with Crippen LogP contribution in [0.1, 0.15) is 58.3 Å². The number of hydrogen-bond acceptors (Lipinski definition) is 2. The predicted molar refractivity (Wildman–Crippen MR) is 75.4 cm³/mol. The van der Waals surface area contributed by atoms with Crippen LogP contribution in [0, 0.1) is 11.3 Å². The molecule has 3 heteroatoms. The summed E-state index contributed by atoms with van der Waals surface area (Å²) in [4.78, 5) is 4.58. The summed E-state index contributed by atoms with van der Waals surface area (Å²) in [7, 11) is 2.10. The van der Waals surface area contributed by atoms with E-state index < -0.39 is 0 Å². The van der Waals surface area contributed by atoms with E-state index in [-0.39, 0.29) is 0 Å². The van der Waals surface area contributed by atoms with E-state index in [0.29, 0.717) is 17.4 Å². The molecule has 1 aliphatic carbocycles. The van der Waals surface area contributed by atoms with E-state index in [1.807, 2.05) is 6.20 Å². The van der Waals surface area contributed by atoms with Gasteiger partial charge in [-0.2, -0.15) is 0 Å². The van der Waals surface area contributed by atoms with E-state index in [0.717, 1.165) is 6.54 Å². The standard InChI is InChI=1S/C15H27N3/c1-5-9-16-13(14-17-10-11-18(14)4)12-7-6-8-15(12,2)3/h10-13,16H,5-9H2,1-4H3. The van der Waals surface area contributed by atoms with Crippen LogP contribution in [0.15, 0.2) is 12.4 Å². The van der Waals surface area contributed by atoms with Gasteiger partial charge in [-0.3, -0.25) is 0 Å². The van der Waals surface area contributed by atoms with Gasteiger partial charge in [-0.05, 0) is 37.1 Å². The molecule has 1 aliphatic rings. The molecular weight excluding hydrogens is 222 g/mol. The van der Waals surface area contributed by atoms with Crippen molar-refractivity contribution in [3.63, 3.8) is 0 Å². The highest BCUT2D eigenvalue weighted by Crippen LogP contribution is 2.48. The fourth-order valence-electron chi connectivity index (χ4n) is 3.36. The van der Waals surface area contributed by atoms with Crippen LogP contribution in [0.25, 0.3) is 0 Å². The number of imidazole rings is 1. The van der Waals surface area contributed by atoms with Crippen LogP contribution in [0.5, 0.6) is 0 Å². The van der Waals surface area contributed by atoms with E-state index in [1.54, 1.807) is 0 Å². The summed E-state index contributed by atoms with van der Waals surface area (Å²) in [6.07, 6.45) is 9.16. The third-order valence-corrected chi connectivity index (χ3v) is 4.49. The van der Waals surface area contributed by atoms with Crippen molar-refractivity contribution in [2.75, 3.05) is 6.54 Å². The quantitative estimate of drug-likeness (QED) is 0.868. The third-order valence-electron chi connectivity index (χ3n) is 4.49. The number of hydrogen-bond donors (Lipinski definition) is 1. The Morgan fingerprint density at radius 1 is 1.56 bits per heavy atom. The number of nitrogens with zero attached hydrogens (tertiary/aromatic N) is 2. The van der Waals surface area contributed by atoms with Gasteiger partial charge >= 0.3 is 0 Å². The average molecular weight is 249 g/mol. The fourth-order valence-corrected chi connectivity index (χ4v) is 3.36. The lowest BCUT2D eigenvalue weighted by Crippen LogP contribution is -2.36. The predicted octanol–water partition coefficient (Wildman–Crippen LogP) is 3.29. The van der Waals surface area contributed by atoms with Crippen LogP contribution in [0.4, 0.5) is 0 Å². The summed E-state index contributed by atoms with van der Waals surface area (Å²) in [5.41, 5.74) is 0.428. The fraction of sp³-hybridized carbons (Fsp3) is 0.800. The van der Waals surface area contributed by atoms with Crippen LogP contribution >= 0.6 is 0 Å². The second-order valence-corrected chi connectivity index (χ2v) is 6.32. The van der Waals surface area contributed by atoms with E-state index in [9.17, 15) is 0 Å². The highest BCUT2D eigenvalue weighted by Gasteiger charge is 2.41. The molecular formula is C15H27N3.